The number of nitrogen functional groups attached to an aromatic ring is 1. The number of rotatable bonds is 4. The van der Waals surface area contributed by atoms with Crippen molar-refractivity contribution in [1.82, 2.24) is 25.2 Å². The van der Waals surface area contributed by atoms with Crippen LogP contribution in [0.4, 0.5) is 42.2 Å². The van der Waals surface area contributed by atoms with E-state index in [9.17, 15) is 22.0 Å². The van der Waals surface area contributed by atoms with Gasteiger partial charge >= 0.3 is 12.2 Å². The van der Waals surface area contributed by atoms with Gasteiger partial charge in [0.1, 0.15) is 34.7 Å². The van der Waals surface area contributed by atoms with E-state index < -0.39 is 68.9 Å². The normalized spacial score (nSPS) is 24.6. The van der Waals surface area contributed by atoms with E-state index in [1.54, 1.807) is 6.92 Å². The van der Waals surface area contributed by atoms with E-state index >= 15 is 8.78 Å². The van der Waals surface area contributed by atoms with Gasteiger partial charge in [0.05, 0.1) is 29.1 Å². The van der Waals surface area contributed by atoms with Gasteiger partial charge in [-0.2, -0.15) is 23.1 Å². The van der Waals surface area contributed by atoms with Crippen molar-refractivity contribution in [3.63, 3.8) is 0 Å². The van der Waals surface area contributed by atoms with Crippen molar-refractivity contribution in [3.05, 3.63) is 40.5 Å². The Morgan fingerprint density at radius 2 is 1.89 bits per heavy atom. The molecule has 6 rings (SSSR count). The molecule has 3 atom stereocenters. The molecular weight excluding hydrogens is 635 g/mol. The number of aromatic nitrogens is 3. The second-order valence-electron chi connectivity index (χ2n) is 12.5. The highest BCUT2D eigenvalue weighted by atomic mass is 19.4. The zero-order chi connectivity index (χ0) is 33.8. The first-order valence-electron chi connectivity index (χ1n) is 15.3. The third-order valence-electron chi connectivity index (χ3n) is 9.15. The number of fused-ring (bicyclic) bond motifs is 1. The molecule has 5 heterocycles. The predicted molar refractivity (Wildman–Crippen MR) is 160 cm³/mol. The predicted octanol–water partition coefficient (Wildman–Crippen LogP) is 6.05. The monoisotopic (exact) mass is 669 g/mol. The maximum atomic E-state index is 16.7. The average molecular weight is 670 g/mol. The van der Waals surface area contributed by atoms with Crippen LogP contribution >= 0.6 is 0 Å². The summed E-state index contributed by atoms with van der Waals surface area (Å²) in [7, 11) is 0. The molecule has 9 nitrogen and oxygen atoms in total. The van der Waals surface area contributed by atoms with Gasteiger partial charge in [-0.1, -0.05) is 0 Å². The molecule has 0 aliphatic carbocycles. The van der Waals surface area contributed by atoms with E-state index in [4.69, 9.17) is 15.2 Å². The minimum absolute atomic E-state index is 0.0172. The van der Waals surface area contributed by atoms with Crippen LogP contribution in [-0.4, -0.2) is 70.3 Å². The van der Waals surface area contributed by atoms with Gasteiger partial charge in [0.25, 0.3) is 0 Å². The summed E-state index contributed by atoms with van der Waals surface area (Å²) in [6.45, 7) is 6.32. The molecule has 0 radical (unpaired) electrons. The van der Waals surface area contributed by atoms with Gasteiger partial charge < -0.3 is 25.8 Å². The molecule has 0 amide bonds. The van der Waals surface area contributed by atoms with Crippen LogP contribution in [0.5, 0.6) is 11.9 Å². The van der Waals surface area contributed by atoms with Crippen LogP contribution in [0.1, 0.15) is 50.7 Å². The number of halogens is 7. The minimum atomic E-state index is -5.32. The van der Waals surface area contributed by atoms with Gasteiger partial charge in [-0.3, -0.25) is 4.90 Å². The summed E-state index contributed by atoms with van der Waals surface area (Å²) in [4.78, 5) is 14.9. The first kappa shape index (κ1) is 33.0. The Labute approximate surface area is 265 Å². The molecule has 0 spiro atoms. The number of hydrogen-bond acceptors (Lipinski definition) is 9. The van der Waals surface area contributed by atoms with Crippen LogP contribution < -0.4 is 25.8 Å². The molecule has 47 heavy (non-hydrogen) atoms. The Balaban J connectivity index is 1.57. The number of anilines is 2. The van der Waals surface area contributed by atoms with Crippen LogP contribution in [0.25, 0.3) is 22.2 Å². The molecule has 2 aromatic heterocycles. The molecule has 1 aromatic carbocycles. The number of ether oxygens (including phenoxy) is 2. The molecule has 254 valence electrons. The lowest BCUT2D eigenvalue weighted by Gasteiger charge is -2.30. The Hall–Kier alpha value is -3.92. The summed E-state index contributed by atoms with van der Waals surface area (Å²) < 4.78 is 116. The lowest BCUT2D eigenvalue weighted by molar-refractivity contribution is -0.137. The minimum Gasteiger partial charge on any atom is -0.474 e. The first-order chi connectivity index (χ1) is 22.2. The second-order valence-corrected chi connectivity index (χ2v) is 12.5. The van der Waals surface area contributed by atoms with E-state index in [1.807, 2.05) is 6.92 Å². The molecule has 2 saturated heterocycles. The molecule has 4 N–H and O–H groups in total. The number of benzene rings is 1. The maximum Gasteiger partial charge on any atom is 0.417 e. The second kappa shape index (κ2) is 12.3. The molecular formula is C31H34F7N7O2. The van der Waals surface area contributed by atoms with Crippen molar-refractivity contribution in [3.8, 4) is 23.1 Å². The number of nitrogens with two attached hydrogens (primary N) is 1. The van der Waals surface area contributed by atoms with Crippen LogP contribution in [0.3, 0.4) is 0 Å². The molecule has 16 heteroatoms. The van der Waals surface area contributed by atoms with Gasteiger partial charge in [-0.25, -0.2) is 22.5 Å². The molecule has 0 bridgehead atoms. The highest BCUT2D eigenvalue weighted by Gasteiger charge is 2.47. The van der Waals surface area contributed by atoms with Crippen LogP contribution in [0, 0.1) is 24.4 Å². The summed E-state index contributed by atoms with van der Waals surface area (Å²) in [6.07, 6.45) is -2.93. The van der Waals surface area contributed by atoms with Gasteiger partial charge in [0.2, 0.25) is 5.88 Å². The molecule has 2 fully saturated rings. The number of hydrogen-bond donors (Lipinski definition) is 3. The fourth-order valence-corrected chi connectivity index (χ4v) is 6.74. The fourth-order valence-electron chi connectivity index (χ4n) is 6.74. The Morgan fingerprint density at radius 3 is 2.62 bits per heavy atom. The summed E-state index contributed by atoms with van der Waals surface area (Å²) in [5.74, 6) is -5.25. The van der Waals surface area contributed by atoms with Crippen LogP contribution in [0.2, 0.25) is 0 Å². The zero-order valence-electron chi connectivity index (χ0n) is 25.9. The molecule has 3 aliphatic heterocycles. The summed E-state index contributed by atoms with van der Waals surface area (Å²) >= 11 is 0. The molecule has 3 aromatic rings. The number of nitrogens with zero attached hydrogens (tertiary/aromatic N) is 4. The zero-order valence-corrected chi connectivity index (χ0v) is 25.9. The molecule has 3 aliphatic rings. The Kier molecular flexibility index (Phi) is 8.61. The van der Waals surface area contributed by atoms with E-state index in [1.165, 1.54) is 0 Å². The van der Waals surface area contributed by atoms with Crippen molar-refractivity contribution in [2.75, 3.05) is 43.8 Å². The smallest absolute Gasteiger partial charge is 0.417 e. The lowest BCUT2D eigenvalue weighted by atomic mass is 9.94. The van der Waals surface area contributed by atoms with Crippen molar-refractivity contribution in [2.24, 2.45) is 0 Å². The standard InChI is InChI=1S/C31H34F7N7O2/c1-14-11-41-27-19-26(43-29(44-27)46-13-30-6-4-8-45(30)12-17(9-30)10-32)23(35)25(42-28(19)47-15(2)5-7-40-14)18-20(31(36,37)38)16(3)21(33)24(39)22(18)34/h10,14-15,40H,4-9,11-13,39H2,1-3H3,(H,41,43,44)/b17-10-/t14?,15-,30-/m0/s1. The van der Waals surface area contributed by atoms with Gasteiger partial charge in [0.15, 0.2) is 17.5 Å². The Morgan fingerprint density at radius 1 is 1.13 bits per heavy atom. The van der Waals surface area contributed by atoms with Crippen molar-refractivity contribution >= 4 is 22.4 Å². The topological polar surface area (TPSA) is 110 Å². The summed E-state index contributed by atoms with van der Waals surface area (Å²) in [6, 6.07) is -0.421. The van der Waals surface area contributed by atoms with Crippen LogP contribution in [-0.2, 0) is 6.18 Å². The SMILES string of the molecule is Cc1c(F)c(N)c(F)c(-c2nc3c4c(nc(OC[C@@]56CCCN5C/C(=C\F)C6)nc4c2F)NCC(C)NCC[C@H](C)O3)c1C(F)(F)F. The third kappa shape index (κ3) is 5.90. The van der Waals surface area contributed by atoms with Crippen molar-refractivity contribution in [2.45, 2.75) is 70.3 Å². The number of alkyl halides is 3. The largest absolute Gasteiger partial charge is 0.474 e. The van der Waals surface area contributed by atoms with E-state index in [0.29, 0.717) is 44.3 Å². The van der Waals surface area contributed by atoms with Crippen molar-refractivity contribution in [1.29, 1.82) is 0 Å². The molecule has 0 saturated carbocycles. The van der Waals surface area contributed by atoms with E-state index in [-0.39, 0.29) is 42.3 Å². The van der Waals surface area contributed by atoms with Gasteiger partial charge in [-0.15, -0.1) is 0 Å². The van der Waals surface area contributed by atoms with E-state index in [2.05, 4.69) is 30.5 Å². The number of pyridine rings is 1. The van der Waals surface area contributed by atoms with E-state index in [0.717, 1.165) is 19.9 Å². The molecule has 1 unspecified atom stereocenters. The van der Waals surface area contributed by atoms with Crippen molar-refractivity contribution < 1.29 is 40.2 Å². The van der Waals surface area contributed by atoms with Gasteiger partial charge in [0, 0.05) is 19.1 Å². The summed E-state index contributed by atoms with van der Waals surface area (Å²) in [5, 5.41) is 6.30. The number of nitrogens with one attached hydrogen (secondary N) is 2. The lowest BCUT2D eigenvalue weighted by Crippen LogP contribution is -2.43. The average Bonchev–Trinajstić information content (AvgIpc) is 3.57. The summed E-state index contributed by atoms with van der Waals surface area (Å²) in [5.41, 5.74) is -1.48. The third-order valence-corrected chi connectivity index (χ3v) is 9.15. The highest BCUT2D eigenvalue weighted by molar-refractivity contribution is 5.97. The Bertz CT molecular complexity index is 1750. The van der Waals surface area contributed by atoms with Gasteiger partial charge in [-0.05, 0) is 70.7 Å². The fraction of sp³-hybridized carbons (Fsp3) is 0.516. The first-order valence-corrected chi connectivity index (χ1v) is 15.3. The quantitative estimate of drug-likeness (QED) is 0.226. The van der Waals surface area contributed by atoms with Crippen LogP contribution in [0.15, 0.2) is 11.9 Å². The highest BCUT2D eigenvalue weighted by Crippen LogP contribution is 2.47. The maximum absolute atomic E-state index is 16.7.